The highest BCUT2D eigenvalue weighted by Crippen LogP contribution is 2.25. The second-order valence-electron chi connectivity index (χ2n) is 7.82. The number of aromatic nitrogens is 2. The minimum Gasteiger partial charge on any atom is -0.480 e. The van der Waals surface area contributed by atoms with E-state index in [0.717, 1.165) is 4.68 Å². The summed E-state index contributed by atoms with van der Waals surface area (Å²) in [6.45, 7) is 1.90. The molecule has 2 N–H and O–H groups in total. The number of carboxylic acid groups (broad SMARTS) is 1. The molecule has 0 aliphatic heterocycles. The average molecular weight is 532 g/mol. The van der Waals surface area contributed by atoms with Gasteiger partial charge in [-0.3, -0.25) is 14.4 Å². The van der Waals surface area contributed by atoms with Gasteiger partial charge in [0.25, 0.3) is 11.5 Å². The van der Waals surface area contributed by atoms with Crippen LogP contribution in [0.5, 0.6) is 0 Å². The molecule has 188 valence electrons. The molecule has 2 aromatic carbocycles. The maximum atomic E-state index is 12.8. The van der Waals surface area contributed by atoms with Crippen LogP contribution in [0.15, 0.2) is 53.5 Å². The third kappa shape index (κ3) is 6.30. The second kappa shape index (κ2) is 11.8. The Kier molecular flexibility index (Phi) is 8.84. The molecule has 0 bridgehead atoms. The smallest absolute Gasteiger partial charge is 0.326 e. The Bertz CT molecular complexity index is 1330. The van der Waals surface area contributed by atoms with E-state index in [1.165, 1.54) is 25.4 Å². The Hall–Kier alpha value is -3.69. The van der Waals surface area contributed by atoms with E-state index in [9.17, 15) is 24.3 Å². The Morgan fingerprint density at radius 3 is 2.33 bits per heavy atom. The van der Waals surface area contributed by atoms with E-state index in [4.69, 9.17) is 27.9 Å². The van der Waals surface area contributed by atoms with Gasteiger partial charge in [-0.2, -0.15) is 5.10 Å². The van der Waals surface area contributed by atoms with Crippen molar-refractivity contribution in [3.05, 3.63) is 85.8 Å². The van der Waals surface area contributed by atoms with E-state index < -0.39 is 29.4 Å². The largest absolute Gasteiger partial charge is 0.480 e. The fourth-order valence-corrected chi connectivity index (χ4v) is 4.14. The number of amides is 1. The summed E-state index contributed by atoms with van der Waals surface area (Å²) in [5, 5.41) is 16.3. The number of rotatable bonds is 9. The van der Waals surface area contributed by atoms with Gasteiger partial charge in [-0.25, -0.2) is 9.48 Å². The summed E-state index contributed by atoms with van der Waals surface area (Å²) >= 11 is 12.1. The van der Waals surface area contributed by atoms with Crippen LogP contribution in [0.25, 0.3) is 11.1 Å². The molecule has 1 atom stereocenters. The predicted molar refractivity (Wildman–Crippen MR) is 134 cm³/mol. The molecule has 3 rings (SSSR count). The Balaban J connectivity index is 1.84. The van der Waals surface area contributed by atoms with Crippen molar-refractivity contribution in [2.75, 3.05) is 6.61 Å². The number of ether oxygens (including phenoxy) is 1. The molecule has 0 spiro atoms. The highest BCUT2D eigenvalue weighted by Gasteiger charge is 2.24. The van der Waals surface area contributed by atoms with Crippen molar-refractivity contribution in [2.24, 2.45) is 7.05 Å². The standard InChI is InChI=1S/C25H23Cl2N3O6/c1-3-36-20(31)12-16-13-28-30(2)24(33)21(16)15-9-7-14(8-10-15)11-19(25(34)35)29-23(32)22-17(26)5-4-6-18(22)27/h4-10,13,19H,3,11-12H2,1-2H3,(H,29,32)(H,34,35)/t19-/m0/s1. The van der Waals surface area contributed by atoms with Crippen molar-refractivity contribution in [3.63, 3.8) is 0 Å². The minimum absolute atomic E-state index is 0.00917. The van der Waals surface area contributed by atoms with Crippen molar-refractivity contribution < 1.29 is 24.2 Å². The lowest BCUT2D eigenvalue weighted by molar-refractivity contribution is -0.142. The molecule has 0 aliphatic carbocycles. The molecule has 1 heterocycles. The van der Waals surface area contributed by atoms with Crippen molar-refractivity contribution in [3.8, 4) is 11.1 Å². The lowest BCUT2D eigenvalue weighted by Gasteiger charge is -2.16. The number of nitrogens with zero attached hydrogens (tertiary/aromatic N) is 2. The molecule has 0 fully saturated rings. The zero-order valence-corrected chi connectivity index (χ0v) is 21.0. The van der Waals surface area contributed by atoms with Crippen molar-refractivity contribution >= 4 is 41.0 Å². The lowest BCUT2D eigenvalue weighted by atomic mass is 9.97. The van der Waals surface area contributed by atoms with Gasteiger partial charge in [0.15, 0.2) is 0 Å². The first-order valence-corrected chi connectivity index (χ1v) is 11.7. The first-order valence-electron chi connectivity index (χ1n) is 10.9. The number of nitrogens with one attached hydrogen (secondary N) is 1. The molecular weight excluding hydrogens is 509 g/mol. The lowest BCUT2D eigenvalue weighted by Crippen LogP contribution is -2.42. The second-order valence-corrected chi connectivity index (χ2v) is 8.63. The quantitative estimate of drug-likeness (QED) is 0.405. The molecule has 3 aromatic rings. The van der Waals surface area contributed by atoms with Crippen molar-refractivity contribution in [1.82, 2.24) is 15.1 Å². The predicted octanol–water partition coefficient (Wildman–Crippen LogP) is 3.29. The highest BCUT2D eigenvalue weighted by atomic mass is 35.5. The number of hydrogen-bond donors (Lipinski definition) is 2. The van der Waals surface area contributed by atoms with Gasteiger partial charge in [0.2, 0.25) is 0 Å². The van der Waals surface area contributed by atoms with E-state index in [2.05, 4.69) is 10.4 Å². The van der Waals surface area contributed by atoms with Gasteiger partial charge in [0, 0.05) is 13.5 Å². The van der Waals surface area contributed by atoms with E-state index in [1.807, 2.05) is 0 Å². The molecule has 0 saturated carbocycles. The SMILES string of the molecule is CCOC(=O)Cc1cnn(C)c(=O)c1-c1ccc(C[C@H](NC(=O)c2c(Cl)cccc2Cl)C(=O)O)cc1. The number of halogens is 2. The van der Waals surface area contributed by atoms with Crippen molar-refractivity contribution in [1.29, 1.82) is 0 Å². The van der Waals surface area contributed by atoms with Crippen LogP contribution in [0, 0.1) is 0 Å². The van der Waals surface area contributed by atoms with E-state index >= 15 is 0 Å². The molecule has 36 heavy (non-hydrogen) atoms. The zero-order chi connectivity index (χ0) is 26.4. The van der Waals surface area contributed by atoms with Crippen molar-refractivity contribution in [2.45, 2.75) is 25.8 Å². The third-order valence-electron chi connectivity index (χ3n) is 5.33. The first-order chi connectivity index (χ1) is 17.1. The van der Waals surface area contributed by atoms with E-state index in [-0.39, 0.29) is 35.1 Å². The summed E-state index contributed by atoms with van der Waals surface area (Å²) in [4.78, 5) is 49.3. The number of carbonyl (C=O) groups is 3. The summed E-state index contributed by atoms with van der Waals surface area (Å²) in [5.41, 5.74) is 1.43. The Labute approximate surface area is 216 Å². The van der Waals surface area contributed by atoms with Crippen LogP contribution in [0.4, 0.5) is 0 Å². The number of aryl methyl sites for hydroxylation is 1. The molecule has 11 heteroatoms. The van der Waals surface area contributed by atoms with Crippen LogP contribution in [0.2, 0.25) is 10.0 Å². The van der Waals surface area contributed by atoms with Gasteiger partial charge in [-0.15, -0.1) is 0 Å². The van der Waals surface area contributed by atoms with Gasteiger partial charge >= 0.3 is 11.9 Å². The Morgan fingerprint density at radius 2 is 1.75 bits per heavy atom. The summed E-state index contributed by atoms with van der Waals surface area (Å²) in [7, 11) is 1.50. The molecule has 0 saturated heterocycles. The van der Waals surface area contributed by atoms with Gasteiger partial charge in [-0.1, -0.05) is 53.5 Å². The molecular formula is C25H23Cl2N3O6. The minimum atomic E-state index is -1.26. The van der Waals surface area contributed by atoms with Gasteiger partial charge in [-0.05, 0) is 35.7 Å². The van der Waals surface area contributed by atoms with Crippen LogP contribution in [-0.2, 0) is 34.2 Å². The molecule has 1 aromatic heterocycles. The molecule has 9 nitrogen and oxygen atoms in total. The van der Waals surface area contributed by atoms with Crippen LogP contribution in [-0.4, -0.2) is 45.4 Å². The van der Waals surface area contributed by atoms with E-state index in [1.54, 1.807) is 37.3 Å². The number of benzene rings is 2. The average Bonchev–Trinajstić information content (AvgIpc) is 2.82. The van der Waals surface area contributed by atoms with Gasteiger partial charge in [0.1, 0.15) is 6.04 Å². The summed E-state index contributed by atoms with van der Waals surface area (Å²) < 4.78 is 6.15. The van der Waals surface area contributed by atoms with Gasteiger partial charge < -0.3 is 15.2 Å². The monoisotopic (exact) mass is 531 g/mol. The van der Waals surface area contributed by atoms with Crippen LogP contribution in [0.3, 0.4) is 0 Å². The number of hydrogen-bond acceptors (Lipinski definition) is 6. The summed E-state index contributed by atoms with van der Waals surface area (Å²) in [6.07, 6.45) is 1.29. The fraction of sp³-hybridized carbons (Fsp3) is 0.240. The number of carboxylic acids is 1. The summed E-state index contributed by atoms with van der Waals surface area (Å²) in [6, 6.07) is 9.86. The summed E-state index contributed by atoms with van der Waals surface area (Å²) in [5.74, 6) is -2.43. The highest BCUT2D eigenvalue weighted by molar-refractivity contribution is 6.39. The fourth-order valence-electron chi connectivity index (χ4n) is 3.57. The topological polar surface area (TPSA) is 128 Å². The van der Waals surface area contributed by atoms with Crippen LogP contribution < -0.4 is 10.9 Å². The molecule has 0 radical (unpaired) electrons. The van der Waals surface area contributed by atoms with Crippen LogP contribution >= 0.6 is 23.2 Å². The molecule has 0 unspecified atom stereocenters. The zero-order valence-electron chi connectivity index (χ0n) is 19.5. The first kappa shape index (κ1) is 26.9. The number of aliphatic carboxylic acids is 1. The maximum Gasteiger partial charge on any atom is 0.326 e. The molecule has 1 amide bonds. The normalized spacial score (nSPS) is 11.6. The van der Waals surface area contributed by atoms with Crippen LogP contribution in [0.1, 0.15) is 28.4 Å². The van der Waals surface area contributed by atoms with E-state index in [0.29, 0.717) is 22.3 Å². The number of esters is 1. The molecule has 0 aliphatic rings. The van der Waals surface area contributed by atoms with Gasteiger partial charge in [0.05, 0.1) is 40.4 Å². The third-order valence-corrected chi connectivity index (χ3v) is 5.96. The Morgan fingerprint density at radius 1 is 1.11 bits per heavy atom. The maximum absolute atomic E-state index is 12.8. The number of carbonyl (C=O) groups excluding carboxylic acids is 2.